The van der Waals surface area contributed by atoms with Crippen molar-refractivity contribution in [2.45, 2.75) is 18.9 Å². The molecule has 3 unspecified atom stereocenters. The van der Waals surface area contributed by atoms with E-state index in [-0.39, 0.29) is 11.8 Å². The number of carboxylic acids is 1. The molecule has 18 heavy (non-hydrogen) atoms. The summed E-state index contributed by atoms with van der Waals surface area (Å²) >= 11 is 0. The molecule has 3 rings (SSSR count). The van der Waals surface area contributed by atoms with Crippen molar-refractivity contribution in [3.63, 3.8) is 0 Å². The number of fused-ring (bicyclic) bond motifs is 1. The first kappa shape index (κ1) is 11.5. The van der Waals surface area contributed by atoms with E-state index in [2.05, 4.69) is 9.88 Å². The van der Waals surface area contributed by atoms with E-state index in [0.29, 0.717) is 11.8 Å². The molecule has 2 N–H and O–H groups in total. The quantitative estimate of drug-likeness (QED) is 0.816. The van der Waals surface area contributed by atoms with Crippen molar-refractivity contribution in [3.05, 3.63) is 24.0 Å². The summed E-state index contributed by atoms with van der Waals surface area (Å²) in [4.78, 5) is 16.9. The minimum Gasteiger partial charge on any atom is -0.477 e. The van der Waals surface area contributed by atoms with Crippen molar-refractivity contribution in [2.75, 3.05) is 18.0 Å². The molecule has 2 aliphatic rings. The van der Waals surface area contributed by atoms with Crippen molar-refractivity contribution in [2.24, 2.45) is 11.8 Å². The predicted octanol–water partition coefficient (Wildman–Crippen LogP) is 0.987. The Balaban J connectivity index is 1.80. The van der Waals surface area contributed by atoms with Crippen LogP contribution in [0.2, 0.25) is 0 Å². The van der Waals surface area contributed by atoms with Gasteiger partial charge in [-0.25, -0.2) is 9.78 Å². The molecule has 1 aromatic rings. The monoisotopic (exact) mass is 248 g/mol. The number of aromatic carboxylic acids is 1. The van der Waals surface area contributed by atoms with Gasteiger partial charge in [-0.3, -0.25) is 0 Å². The number of aliphatic hydroxyl groups is 1. The Morgan fingerprint density at radius 1 is 1.39 bits per heavy atom. The molecular formula is C13H16N2O3. The fraction of sp³-hybridized carbons (Fsp3) is 0.538. The summed E-state index contributed by atoms with van der Waals surface area (Å²) in [5.74, 6) is -0.121. The van der Waals surface area contributed by atoms with Gasteiger partial charge >= 0.3 is 5.97 Å². The third-order valence-electron chi connectivity index (χ3n) is 4.15. The maximum Gasteiger partial charge on any atom is 0.354 e. The van der Waals surface area contributed by atoms with Crippen LogP contribution in [-0.4, -0.2) is 40.4 Å². The Morgan fingerprint density at radius 2 is 2.22 bits per heavy atom. The zero-order chi connectivity index (χ0) is 12.7. The molecule has 1 saturated carbocycles. The number of aromatic nitrogens is 1. The SMILES string of the molecule is O=C(O)c1cc(N2CC3CCC(O)C3C2)ccn1. The first-order valence-electron chi connectivity index (χ1n) is 6.27. The van der Waals surface area contributed by atoms with Gasteiger partial charge in [-0.15, -0.1) is 0 Å². The van der Waals surface area contributed by atoms with Crippen molar-refractivity contribution in [1.29, 1.82) is 0 Å². The van der Waals surface area contributed by atoms with E-state index in [1.54, 1.807) is 6.07 Å². The largest absolute Gasteiger partial charge is 0.477 e. The first-order chi connectivity index (χ1) is 8.65. The van der Waals surface area contributed by atoms with Gasteiger partial charge in [0.2, 0.25) is 0 Å². The molecule has 0 aromatic carbocycles. The van der Waals surface area contributed by atoms with Crippen molar-refractivity contribution >= 4 is 11.7 Å². The van der Waals surface area contributed by atoms with E-state index in [1.165, 1.54) is 6.20 Å². The van der Waals surface area contributed by atoms with E-state index in [9.17, 15) is 9.90 Å². The fourth-order valence-corrected chi connectivity index (χ4v) is 3.18. The van der Waals surface area contributed by atoms with Crippen LogP contribution in [0.4, 0.5) is 5.69 Å². The molecule has 1 aromatic heterocycles. The number of nitrogens with zero attached hydrogens (tertiary/aromatic N) is 2. The average molecular weight is 248 g/mol. The Labute approximate surface area is 105 Å². The van der Waals surface area contributed by atoms with Gasteiger partial charge in [0.15, 0.2) is 0 Å². The molecule has 0 radical (unpaired) electrons. The lowest BCUT2D eigenvalue weighted by Gasteiger charge is -2.20. The van der Waals surface area contributed by atoms with Gasteiger partial charge in [-0.05, 0) is 30.9 Å². The summed E-state index contributed by atoms with van der Waals surface area (Å²) < 4.78 is 0. The molecule has 1 aliphatic carbocycles. The number of hydrogen-bond donors (Lipinski definition) is 2. The zero-order valence-corrected chi connectivity index (χ0v) is 9.99. The maximum absolute atomic E-state index is 10.9. The van der Waals surface area contributed by atoms with Crippen LogP contribution in [0.15, 0.2) is 18.3 Å². The van der Waals surface area contributed by atoms with Crippen molar-refractivity contribution < 1.29 is 15.0 Å². The standard InChI is InChI=1S/C13H16N2O3/c16-12-2-1-8-6-15(7-10(8)12)9-3-4-14-11(5-9)13(17)18/h3-5,8,10,12,16H,1-2,6-7H2,(H,17,18). The van der Waals surface area contributed by atoms with Crippen LogP contribution in [0, 0.1) is 11.8 Å². The number of carboxylic acid groups (broad SMARTS) is 1. The van der Waals surface area contributed by atoms with Crippen LogP contribution in [0.3, 0.4) is 0 Å². The normalized spacial score (nSPS) is 30.5. The van der Waals surface area contributed by atoms with E-state index >= 15 is 0 Å². The minimum absolute atomic E-state index is 0.0742. The van der Waals surface area contributed by atoms with E-state index < -0.39 is 5.97 Å². The molecule has 1 aliphatic heterocycles. The second-order valence-corrected chi connectivity index (χ2v) is 5.18. The zero-order valence-electron chi connectivity index (χ0n) is 9.99. The maximum atomic E-state index is 10.9. The van der Waals surface area contributed by atoms with Gasteiger partial charge in [0.1, 0.15) is 5.69 Å². The second-order valence-electron chi connectivity index (χ2n) is 5.18. The third kappa shape index (κ3) is 1.84. The topological polar surface area (TPSA) is 73.7 Å². The van der Waals surface area contributed by atoms with Gasteiger partial charge < -0.3 is 15.1 Å². The lowest BCUT2D eigenvalue weighted by Crippen LogP contribution is -2.24. The predicted molar refractivity (Wildman–Crippen MR) is 65.6 cm³/mol. The molecular weight excluding hydrogens is 232 g/mol. The number of pyridine rings is 1. The van der Waals surface area contributed by atoms with Crippen LogP contribution in [0.25, 0.3) is 0 Å². The lowest BCUT2D eigenvalue weighted by molar-refractivity contribution is 0.0690. The van der Waals surface area contributed by atoms with Crippen LogP contribution < -0.4 is 4.90 Å². The highest BCUT2D eigenvalue weighted by Gasteiger charge is 2.41. The molecule has 0 spiro atoms. The molecule has 0 bridgehead atoms. The number of hydrogen-bond acceptors (Lipinski definition) is 4. The highest BCUT2D eigenvalue weighted by atomic mass is 16.4. The highest BCUT2D eigenvalue weighted by Crippen LogP contribution is 2.39. The Kier molecular flexibility index (Phi) is 2.70. The molecule has 96 valence electrons. The van der Waals surface area contributed by atoms with Gasteiger partial charge in [-0.2, -0.15) is 0 Å². The van der Waals surface area contributed by atoms with E-state index in [1.807, 2.05) is 6.07 Å². The summed E-state index contributed by atoms with van der Waals surface area (Å²) in [5, 5.41) is 18.8. The highest BCUT2D eigenvalue weighted by molar-refractivity contribution is 5.86. The average Bonchev–Trinajstić information content (AvgIpc) is 2.92. The second kappa shape index (κ2) is 4.24. The van der Waals surface area contributed by atoms with Crippen molar-refractivity contribution in [3.8, 4) is 0 Å². The summed E-state index contributed by atoms with van der Waals surface area (Å²) in [6, 6.07) is 3.44. The number of carbonyl (C=O) groups is 1. The smallest absolute Gasteiger partial charge is 0.354 e. The fourth-order valence-electron chi connectivity index (χ4n) is 3.18. The van der Waals surface area contributed by atoms with Gasteiger partial charge in [0.25, 0.3) is 0 Å². The molecule has 2 heterocycles. The number of rotatable bonds is 2. The molecule has 0 amide bonds. The Bertz CT molecular complexity index is 477. The Hall–Kier alpha value is -1.62. The van der Waals surface area contributed by atoms with E-state index in [4.69, 9.17) is 5.11 Å². The summed E-state index contributed by atoms with van der Waals surface area (Å²) in [5.41, 5.74) is 0.967. The summed E-state index contributed by atoms with van der Waals surface area (Å²) in [6.07, 6.45) is 3.31. The molecule has 3 atom stereocenters. The first-order valence-corrected chi connectivity index (χ1v) is 6.27. The molecule has 1 saturated heterocycles. The van der Waals surface area contributed by atoms with Crippen LogP contribution in [0.1, 0.15) is 23.3 Å². The third-order valence-corrected chi connectivity index (χ3v) is 4.15. The Morgan fingerprint density at radius 3 is 2.94 bits per heavy atom. The minimum atomic E-state index is -1.00. The van der Waals surface area contributed by atoms with Gasteiger partial charge in [-0.1, -0.05) is 0 Å². The van der Waals surface area contributed by atoms with Crippen LogP contribution in [0.5, 0.6) is 0 Å². The molecule has 5 heteroatoms. The molecule has 5 nitrogen and oxygen atoms in total. The van der Waals surface area contributed by atoms with Crippen LogP contribution in [-0.2, 0) is 0 Å². The van der Waals surface area contributed by atoms with Crippen LogP contribution >= 0.6 is 0 Å². The summed E-state index contributed by atoms with van der Waals surface area (Å²) in [6.45, 7) is 1.72. The van der Waals surface area contributed by atoms with Gasteiger partial charge in [0.05, 0.1) is 6.10 Å². The number of anilines is 1. The molecule has 2 fully saturated rings. The van der Waals surface area contributed by atoms with Gasteiger partial charge in [0, 0.05) is 30.9 Å². The number of aliphatic hydroxyl groups excluding tert-OH is 1. The van der Waals surface area contributed by atoms with Crippen molar-refractivity contribution in [1.82, 2.24) is 4.98 Å². The van der Waals surface area contributed by atoms with E-state index in [0.717, 1.165) is 31.6 Å². The summed E-state index contributed by atoms with van der Waals surface area (Å²) in [7, 11) is 0. The lowest BCUT2D eigenvalue weighted by atomic mass is 10.00.